The van der Waals surface area contributed by atoms with Gasteiger partial charge in [0.1, 0.15) is 5.75 Å². The molecule has 0 spiro atoms. The molecular weight excluding hydrogens is 242 g/mol. The monoisotopic (exact) mass is 263 g/mol. The van der Waals surface area contributed by atoms with Crippen LogP contribution in [-0.2, 0) is 0 Å². The second-order valence-electron chi connectivity index (χ2n) is 4.89. The van der Waals surface area contributed by atoms with Gasteiger partial charge >= 0.3 is 0 Å². The van der Waals surface area contributed by atoms with E-state index in [-0.39, 0.29) is 11.9 Å². The Morgan fingerprint density at radius 3 is 2.95 bits per heavy atom. The minimum atomic E-state index is -0.423. The Balaban J connectivity index is 2.00. The highest BCUT2D eigenvalue weighted by Crippen LogP contribution is 2.19. The first-order valence-corrected chi connectivity index (χ1v) is 6.92. The lowest BCUT2D eigenvalue weighted by atomic mass is 9.92. The maximum absolute atomic E-state index is 12.1. The van der Waals surface area contributed by atoms with Crippen molar-refractivity contribution in [2.75, 3.05) is 6.61 Å². The zero-order valence-electron chi connectivity index (χ0n) is 11.3. The summed E-state index contributed by atoms with van der Waals surface area (Å²) >= 11 is 0. The number of carbonyl (C=O) groups excluding carboxylic acids is 1. The number of hydrogen-bond donors (Lipinski definition) is 2. The van der Waals surface area contributed by atoms with Crippen molar-refractivity contribution in [1.82, 2.24) is 5.32 Å². The van der Waals surface area contributed by atoms with Crippen LogP contribution in [0.1, 0.15) is 43.0 Å². The highest BCUT2D eigenvalue weighted by Gasteiger charge is 2.24. The summed E-state index contributed by atoms with van der Waals surface area (Å²) in [6, 6.07) is 6.99. The minimum Gasteiger partial charge on any atom is -0.494 e. The van der Waals surface area contributed by atoms with Crippen LogP contribution in [0.3, 0.4) is 0 Å². The summed E-state index contributed by atoms with van der Waals surface area (Å²) in [5.41, 5.74) is 0.573. The van der Waals surface area contributed by atoms with E-state index in [1.807, 2.05) is 13.0 Å². The molecular formula is C15H21NO3. The molecule has 1 aliphatic carbocycles. The minimum absolute atomic E-state index is 0.128. The van der Waals surface area contributed by atoms with Gasteiger partial charge in [-0.15, -0.1) is 0 Å². The Labute approximate surface area is 113 Å². The molecule has 1 saturated carbocycles. The lowest BCUT2D eigenvalue weighted by molar-refractivity contribution is 0.0717. The zero-order chi connectivity index (χ0) is 13.7. The molecule has 0 aromatic heterocycles. The summed E-state index contributed by atoms with van der Waals surface area (Å²) < 4.78 is 5.38. The molecule has 1 fully saturated rings. The van der Waals surface area contributed by atoms with Crippen LogP contribution in [0.25, 0.3) is 0 Å². The smallest absolute Gasteiger partial charge is 0.251 e. The number of hydrogen-bond acceptors (Lipinski definition) is 3. The van der Waals surface area contributed by atoms with Crippen molar-refractivity contribution >= 4 is 5.91 Å². The Kier molecular flexibility index (Phi) is 4.80. The molecule has 0 heterocycles. The van der Waals surface area contributed by atoms with E-state index in [1.54, 1.807) is 18.2 Å². The van der Waals surface area contributed by atoms with E-state index >= 15 is 0 Å². The second-order valence-corrected chi connectivity index (χ2v) is 4.89. The molecule has 19 heavy (non-hydrogen) atoms. The molecule has 0 radical (unpaired) electrons. The van der Waals surface area contributed by atoms with Crippen LogP contribution >= 0.6 is 0 Å². The molecule has 1 aromatic rings. The van der Waals surface area contributed by atoms with Gasteiger partial charge in [-0.1, -0.05) is 18.9 Å². The van der Waals surface area contributed by atoms with E-state index in [4.69, 9.17) is 4.74 Å². The summed E-state index contributed by atoms with van der Waals surface area (Å²) in [7, 11) is 0. The second kappa shape index (κ2) is 6.57. The van der Waals surface area contributed by atoms with Crippen molar-refractivity contribution in [3.63, 3.8) is 0 Å². The number of rotatable bonds is 4. The Bertz CT molecular complexity index is 433. The zero-order valence-corrected chi connectivity index (χ0v) is 11.3. The largest absolute Gasteiger partial charge is 0.494 e. The third-order valence-electron chi connectivity index (χ3n) is 3.45. The Hall–Kier alpha value is -1.55. The van der Waals surface area contributed by atoms with Crippen LogP contribution in [0, 0.1) is 0 Å². The molecule has 1 aromatic carbocycles. The fraction of sp³-hybridized carbons (Fsp3) is 0.533. The van der Waals surface area contributed by atoms with E-state index in [2.05, 4.69) is 5.32 Å². The number of aliphatic hydroxyl groups is 1. The maximum Gasteiger partial charge on any atom is 0.251 e. The predicted octanol–water partition coefficient (Wildman–Crippen LogP) is 2.12. The number of benzene rings is 1. The average molecular weight is 263 g/mol. The van der Waals surface area contributed by atoms with E-state index in [9.17, 15) is 9.90 Å². The molecule has 0 aliphatic heterocycles. The van der Waals surface area contributed by atoms with E-state index < -0.39 is 6.10 Å². The van der Waals surface area contributed by atoms with E-state index in [0.717, 1.165) is 25.7 Å². The van der Waals surface area contributed by atoms with Crippen LogP contribution < -0.4 is 10.1 Å². The van der Waals surface area contributed by atoms with Crippen molar-refractivity contribution in [3.8, 4) is 5.75 Å². The van der Waals surface area contributed by atoms with Gasteiger partial charge in [0.2, 0.25) is 0 Å². The number of ether oxygens (including phenoxy) is 1. The highest BCUT2D eigenvalue weighted by molar-refractivity contribution is 5.94. The molecule has 2 rings (SSSR count). The number of amides is 1. The molecule has 2 N–H and O–H groups in total. The van der Waals surface area contributed by atoms with Gasteiger partial charge in [-0.2, -0.15) is 0 Å². The van der Waals surface area contributed by atoms with Crippen LogP contribution in [0.2, 0.25) is 0 Å². The van der Waals surface area contributed by atoms with Crippen LogP contribution in [-0.4, -0.2) is 29.8 Å². The lowest BCUT2D eigenvalue weighted by Crippen LogP contribution is -2.45. The number of carbonyl (C=O) groups is 1. The van der Waals surface area contributed by atoms with E-state index in [1.165, 1.54) is 0 Å². The van der Waals surface area contributed by atoms with Gasteiger partial charge in [-0.05, 0) is 38.0 Å². The average Bonchev–Trinajstić information content (AvgIpc) is 2.42. The van der Waals surface area contributed by atoms with Crippen molar-refractivity contribution in [2.24, 2.45) is 0 Å². The molecule has 2 atom stereocenters. The summed E-state index contributed by atoms with van der Waals surface area (Å²) in [6.07, 6.45) is 3.28. The molecule has 2 unspecified atom stereocenters. The highest BCUT2D eigenvalue weighted by atomic mass is 16.5. The molecule has 0 saturated heterocycles. The normalized spacial score (nSPS) is 22.8. The van der Waals surface area contributed by atoms with Gasteiger partial charge in [0.15, 0.2) is 0 Å². The SMILES string of the molecule is CCOc1cccc(C(=O)NC2CCCCC2O)c1. The van der Waals surface area contributed by atoms with Gasteiger partial charge < -0.3 is 15.2 Å². The number of nitrogens with one attached hydrogen (secondary N) is 1. The van der Waals surface area contributed by atoms with Crippen molar-refractivity contribution in [1.29, 1.82) is 0 Å². The van der Waals surface area contributed by atoms with Crippen molar-refractivity contribution < 1.29 is 14.6 Å². The summed E-state index contributed by atoms with van der Waals surface area (Å²) in [5, 5.41) is 12.8. The first-order chi connectivity index (χ1) is 9.20. The fourth-order valence-corrected chi connectivity index (χ4v) is 2.43. The Morgan fingerprint density at radius 1 is 1.42 bits per heavy atom. The molecule has 0 bridgehead atoms. The van der Waals surface area contributed by atoms with Crippen molar-refractivity contribution in [2.45, 2.75) is 44.8 Å². The molecule has 4 nitrogen and oxygen atoms in total. The molecule has 1 amide bonds. The summed E-state index contributed by atoms with van der Waals surface area (Å²) in [6.45, 7) is 2.48. The number of aliphatic hydroxyl groups excluding tert-OH is 1. The topological polar surface area (TPSA) is 58.6 Å². The maximum atomic E-state index is 12.1. The van der Waals surface area contributed by atoms with Crippen LogP contribution in [0.15, 0.2) is 24.3 Å². The third kappa shape index (κ3) is 3.70. The summed E-state index contributed by atoms with van der Waals surface area (Å²) in [4.78, 5) is 12.1. The van der Waals surface area contributed by atoms with Gasteiger partial charge in [-0.25, -0.2) is 0 Å². The van der Waals surface area contributed by atoms with Crippen LogP contribution in [0.5, 0.6) is 5.75 Å². The lowest BCUT2D eigenvalue weighted by Gasteiger charge is -2.28. The van der Waals surface area contributed by atoms with Crippen molar-refractivity contribution in [3.05, 3.63) is 29.8 Å². The molecule has 104 valence electrons. The van der Waals surface area contributed by atoms with E-state index in [0.29, 0.717) is 17.9 Å². The summed E-state index contributed by atoms with van der Waals surface area (Å²) in [5.74, 6) is 0.548. The standard InChI is InChI=1S/C15H21NO3/c1-2-19-12-7-5-6-11(10-12)15(18)16-13-8-3-4-9-14(13)17/h5-7,10,13-14,17H,2-4,8-9H2,1H3,(H,16,18). The quantitative estimate of drug-likeness (QED) is 0.874. The van der Waals surface area contributed by atoms with Gasteiger partial charge in [0.05, 0.1) is 18.8 Å². The van der Waals surface area contributed by atoms with Gasteiger partial charge in [0.25, 0.3) is 5.91 Å². The fourth-order valence-electron chi connectivity index (χ4n) is 2.43. The van der Waals surface area contributed by atoms with Gasteiger partial charge in [0, 0.05) is 5.56 Å². The van der Waals surface area contributed by atoms with Crippen LogP contribution in [0.4, 0.5) is 0 Å². The third-order valence-corrected chi connectivity index (χ3v) is 3.45. The Morgan fingerprint density at radius 2 is 2.21 bits per heavy atom. The first-order valence-electron chi connectivity index (χ1n) is 6.92. The molecule has 4 heteroatoms. The first kappa shape index (κ1) is 13.9. The van der Waals surface area contributed by atoms with Gasteiger partial charge in [-0.3, -0.25) is 4.79 Å². The predicted molar refractivity (Wildman–Crippen MR) is 73.3 cm³/mol. The molecule has 1 aliphatic rings.